The van der Waals surface area contributed by atoms with Gasteiger partial charge in [0.15, 0.2) is 0 Å². The van der Waals surface area contributed by atoms with Crippen LogP contribution in [0.15, 0.2) is 182 Å². The molecule has 0 radical (unpaired) electrons. The minimum atomic E-state index is 1.24. The maximum Gasteiger partial charge on any atom is -0.00199 e. The van der Waals surface area contributed by atoms with E-state index in [1.165, 1.54) is 98.0 Å². The summed E-state index contributed by atoms with van der Waals surface area (Å²) in [5, 5.41) is 15.3. The lowest BCUT2D eigenvalue weighted by molar-refractivity contribution is 1.66. The molecule has 0 N–H and O–H groups in total. The lowest BCUT2D eigenvalue weighted by atomic mass is 9.82. The van der Waals surface area contributed by atoms with E-state index in [0.717, 1.165) is 0 Å². The molecule has 0 heteroatoms. The van der Waals surface area contributed by atoms with Gasteiger partial charge in [0.25, 0.3) is 0 Å². The first-order chi connectivity index (χ1) is 23.8. The van der Waals surface area contributed by atoms with E-state index < -0.39 is 0 Å². The molecule has 10 aromatic rings. The minimum absolute atomic E-state index is 1.24. The van der Waals surface area contributed by atoms with Crippen molar-refractivity contribution >= 4 is 64.6 Å². The predicted molar refractivity (Wildman–Crippen MR) is 208 cm³/mol. The smallest absolute Gasteiger partial charge is 0.00199 e. The Morgan fingerprint density at radius 2 is 0.625 bits per heavy atom. The Balaban J connectivity index is 1.30. The van der Waals surface area contributed by atoms with Crippen LogP contribution >= 0.6 is 0 Å². The van der Waals surface area contributed by atoms with Crippen LogP contribution in [0, 0.1) is 0 Å². The van der Waals surface area contributed by atoms with Crippen LogP contribution in [0.5, 0.6) is 0 Å². The molecule has 0 aliphatic heterocycles. The second-order valence-electron chi connectivity index (χ2n) is 12.8. The fraction of sp³-hybridized carbons (Fsp3) is 0. The Labute approximate surface area is 279 Å². The largest absolute Gasteiger partial charge is 0.0616 e. The zero-order chi connectivity index (χ0) is 31.6. The first-order valence-corrected chi connectivity index (χ1v) is 16.7. The van der Waals surface area contributed by atoms with Crippen LogP contribution in [0.3, 0.4) is 0 Å². The molecule has 0 atom stereocenters. The Kier molecular flexibility index (Phi) is 5.98. The third-order valence-corrected chi connectivity index (χ3v) is 10.2. The van der Waals surface area contributed by atoms with Gasteiger partial charge in [0, 0.05) is 0 Å². The number of hydrogen-bond acceptors (Lipinski definition) is 0. The van der Waals surface area contributed by atoms with Gasteiger partial charge in [0.05, 0.1) is 0 Å². The van der Waals surface area contributed by atoms with Crippen molar-refractivity contribution in [3.8, 4) is 33.4 Å². The summed E-state index contributed by atoms with van der Waals surface area (Å²) >= 11 is 0. The fourth-order valence-corrected chi connectivity index (χ4v) is 8.10. The van der Waals surface area contributed by atoms with E-state index in [1.807, 2.05) is 0 Å². The lowest BCUT2D eigenvalue weighted by Gasteiger charge is -2.21. The van der Waals surface area contributed by atoms with Crippen molar-refractivity contribution in [1.29, 1.82) is 0 Å². The van der Waals surface area contributed by atoms with E-state index in [4.69, 9.17) is 0 Å². The quantitative estimate of drug-likeness (QED) is 0.139. The topological polar surface area (TPSA) is 0 Å². The van der Waals surface area contributed by atoms with Gasteiger partial charge in [-0.15, -0.1) is 0 Å². The van der Waals surface area contributed by atoms with Gasteiger partial charge in [0.1, 0.15) is 0 Å². The molecule has 10 rings (SSSR count). The van der Waals surface area contributed by atoms with E-state index in [1.54, 1.807) is 0 Å². The number of fused-ring (bicyclic) bond motifs is 7. The summed E-state index contributed by atoms with van der Waals surface area (Å²) in [6.45, 7) is 0. The number of hydrogen-bond donors (Lipinski definition) is 0. The summed E-state index contributed by atoms with van der Waals surface area (Å²) in [6, 6.07) is 67.1. The molecule has 0 amide bonds. The molecule has 0 spiro atoms. The van der Waals surface area contributed by atoms with Crippen LogP contribution in [0.25, 0.3) is 98.0 Å². The van der Waals surface area contributed by atoms with E-state index >= 15 is 0 Å². The molecular formula is C48H30. The zero-order valence-electron chi connectivity index (χ0n) is 26.3. The third-order valence-electron chi connectivity index (χ3n) is 10.2. The average molecular weight is 607 g/mol. The zero-order valence-corrected chi connectivity index (χ0v) is 26.3. The van der Waals surface area contributed by atoms with Gasteiger partial charge >= 0.3 is 0 Å². The molecule has 0 bridgehead atoms. The molecule has 0 aliphatic rings. The van der Waals surface area contributed by atoms with Gasteiger partial charge in [-0.2, -0.15) is 0 Å². The summed E-state index contributed by atoms with van der Waals surface area (Å²) < 4.78 is 0. The molecule has 10 aromatic carbocycles. The van der Waals surface area contributed by atoms with Crippen LogP contribution in [0.1, 0.15) is 0 Å². The standard InChI is InChI=1S/C48H30/c1-2-14-32-29-34(26-25-31(32)13-1)36-27-28-45(39-19-7-5-18-38(36)39)47-41-21-9-11-23-43(41)48(44-24-12-10-22-42(44)47)46-30-33-15-3-4-16-35(33)37-17-6-8-20-40(37)46/h1-30H. The molecule has 0 saturated carbocycles. The average Bonchev–Trinajstić information content (AvgIpc) is 3.16. The maximum atomic E-state index is 2.40. The van der Waals surface area contributed by atoms with Gasteiger partial charge in [-0.1, -0.05) is 170 Å². The second kappa shape index (κ2) is 10.7. The molecule has 0 heterocycles. The number of benzene rings is 10. The van der Waals surface area contributed by atoms with Crippen LogP contribution in [0.2, 0.25) is 0 Å². The molecule has 222 valence electrons. The summed E-state index contributed by atoms with van der Waals surface area (Å²) in [4.78, 5) is 0. The first kappa shape index (κ1) is 26.9. The van der Waals surface area contributed by atoms with Crippen molar-refractivity contribution in [2.75, 3.05) is 0 Å². The van der Waals surface area contributed by atoms with E-state index in [-0.39, 0.29) is 0 Å². The van der Waals surface area contributed by atoms with Gasteiger partial charge < -0.3 is 0 Å². The van der Waals surface area contributed by atoms with Gasteiger partial charge in [0.2, 0.25) is 0 Å². The predicted octanol–water partition coefficient (Wildman–Crippen LogP) is 13.6. The molecule has 0 saturated heterocycles. The van der Waals surface area contributed by atoms with Crippen LogP contribution in [0.4, 0.5) is 0 Å². The van der Waals surface area contributed by atoms with E-state index in [0.29, 0.717) is 0 Å². The van der Waals surface area contributed by atoms with Crippen molar-refractivity contribution in [2.45, 2.75) is 0 Å². The van der Waals surface area contributed by atoms with Crippen LogP contribution in [-0.4, -0.2) is 0 Å². The Bertz CT molecular complexity index is 2830. The van der Waals surface area contributed by atoms with E-state index in [9.17, 15) is 0 Å². The molecule has 0 aliphatic carbocycles. The molecule has 0 unspecified atom stereocenters. The van der Waals surface area contributed by atoms with Crippen LogP contribution in [-0.2, 0) is 0 Å². The third kappa shape index (κ3) is 4.03. The highest BCUT2D eigenvalue weighted by molar-refractivity contribution is 6.27. The monoisotopic (exact) mass is 606 g/mol. The van der Waals surface area contributed by atoms with Crippen molar-refractivity contribution < 1.29 is 0 Å². The van der Waals surface area contributed by atoms with Crippen molar-refractivity contribution in [3.05, 3.63) is 182 Å². The van der Waals surface area contributed by atoms with Gasteiger partial charge in [-0.05, 0) is 110 Å². The molecule has 0 aromatic heterocycles. The SMILES string of the molecule is c1ccc2cc(-c3ccc(-c4c5ccccc5c(-c5cc6ccccc6c6ccccc56)c5ccccc45)c4ccccc34)ccc2c1. The summed E-state index contributed by atoms with van der Waals surface area (Å²) in [6.07, 6.45) is 0. The normalized spacial score (nSPS) is 11.8. The fourth-order valence-electron chi connectivity index (χ4n) is 8.10. The highest BCUT2D eigenvalue weighted by Crippen LogP contribution is 2.48. The lowest BCUT2D eigenvalue weighted by Crippen LogP contribution is -1.93. The molecule has 48 heavy (non-hydrogen) atoms. The highest BCUT2D eigenvalue weighted by Gasteiger charge is 2.20. The van der Waals surface area contributed by atoms with Crippen molar-refractivity contribution in [2.24, 2.45) is 0 Å². The minimum Gasteiger partial charge on any atom is -0.0616 e. The Morgan fingerprint density at radius 3 is 1.25 bits per heavy atom. The molecular weight excluding hydrogens is 577 g/mol. The maximum absolute atomic E-state index is 2.40. The summed E-state index contributed by atoms with van der Waals surface area (Å²) in [7, 11) is 0. The Hall–Kier alpha value is -6.24. The summed E-state index contributed by atoms with van der Waals surface area (Å²) in [5.41, 5.74) is 7.62. The van der Waals surface area contributed by atoms with E-state index in [2.05, 4.69) is 182 Å². The molecule has 0 nitrogen and oxygen atoms in total. The first-order valence-electron chi connectivity index (χ1n) is 16.7. The highest BCUT2D eigenvalue weighted by atomic mass is 14.2. The Morgan fingerprint density at radius 1 is 0.208 bits per heavy atom. The summed E-state index contributed by atoms with van der Waals surface area (Å²) in [5.74, 6) is 0. The van der Waals surface area contributed by atoms with Crippen molar-refractivity contribution in [1.82, 2.24) is 0 Å². The van der Waals surface area contributed by atoms with Gasteiger partial charge in [-0.3, -0.25) is 0 Å². The van der Waals surface area contributed by atoms with Crippen molar-refractivity contribution in [3.63, 3.8) is 0 Å². The second-order valence-corrected chi connectivity index (χ2v) is 12.8. The molecule has 0 fully saturated rings. The van der Waals surface area contributed by atoms with Gasteiger partial charge in [-0.25, -0.2) is 0 Å². The van der Waals surface area contributed by atoms with Crippen LogP contribution < -0.4 is 0 Å². The number of rotatable bonds is 3.